The van der Waals surface area contributed by atoms with E-state index in [2.05, 4.69) is 4.74 Å². The summed E-state index contributed by atoms with van der Waals surface area (Å²) < 4.78 is 4.55. The third-order valence-electron chi connectivity index (χ3n) is 1.94. The molecule has 1 atom stereocenters. The van der Waals surface area contributed by atoms with Crippen LogP contribution in [0.3, 0.4) is 0 Å². The van der Waals surface area contributed by atoms with Gasteiger partial charge in [0.15, 0.2) is 0 Å². The molecule has 1 amide bonds. The molecule has 0 saturated heterocycles. The van der Waals surface area contributed by atoms with Gasteiger partial charge in [0, 0.05) is 5.02 Å². The van der Waals surface area contributed by atoms with Gasteiger partial charge in [0.1, 0.15) is 5.38 Å². The van der Waals surface area contributed by atoms with Crippen LogP contribution in [0.2, 0.25) is 5.02 Å². The first-order valence-electron chi connectivity index (χ1n) is 4.28. The number of ether oxygens (including phenoxy) is 1. The molecule has 0 heterocycles. The standard InChI is InChI=1S/C10H9Cl2NO3/c1-16-10(15)7-4-5(11)2-3-6(7)8(12)9(13)14/h2-4,8H,1H3,(H2,13,14). The van der Waals surface area contributed by atoms with E-state index in [1.54, 1.807) is 0 Å². The molecule has 1 rings (SSSR count). The number of nitrogens with two attached hydrogens (primary N) is 1. The molecule has 1 unspecified atom stereocenters. The van der Waals surface area contributed by atoms with Gasteiger partial charge < -0.3 is 10.5 Å². The summed E-state index contributed by atoms with van der Waals surface area (Å²) in [6.07, 6.45) is 0. The van der Waals surface area contributed by atoms with Crippen LogP contribution in [-0.2, 0) is 9.53 Å². The van der Waals surface area contributed by atoms with E-state index >= 15 is 0 Å². The van der Waals surface area contributed by atoms with Gasteiger partial charge >= 0.3 is 5.97 Å². The van der Waals surface area contributed by atoms with Gasteiger partial charge in [-0.05, 0) is 17.7 Å². The van der Waals surface area contributed by atoms with E-state index in [1.165, 1.54) is 25.3 Å². The molecule has 0 aliphatic heterocycles. The zero-order valence-electron chi connectivity index (χ0n) is 8.37. The molecule has 0 saturated carbocycles. The van der Waals surface area contributed by atoms with Gasteiger partial charge in [-0.3, -0.25) is 4.79 Å². The number of carbonyl (C=O) groups excluding carboxylic acids is 2. The van der Waals surface area contributed by atoms with E-state index in [0.717, 1.165) is 0 Å². The van der Waals surface area contributed by atoms with Crippen LogP contribution in [0.4, 0.5) is 0 Å². The molecule has 16 heavy (non-hydrogen) atoms. The molecule has 0 aliphatic carbocycles. The first-order valence-corrected chi connectivity index (χ1v) is 5.10. The maximum Gasteiger partial charge on any atom is 0.338 e. The van der Waals surface area contributed by atoms with Gasteiger partial charge in [-0.1, -0.05) is 17.7 Å². The summed E-state index contributed by atoms with van der Waals surface area (Å²) in [6.45, 7) is 0. The molecule has 1 aromatic rings. The molecule has 0 fully saturated rings. The summed E-state index contributed by atoms with van der Waals surface area (Å²) >= 11 is 11.5. The zero-order valence-corrected chi connectivity index (χ0v) is 9.88. The van der Waals surface area contributed by atoms with Gasteiger partial charge in [-0.15, -0.1) is 11.6 Å². The Bertz CT molecular complexity index is 434. The molecular weight excluding hydrogens is 253 g/mol. The van der Waals surface area contributed by atoms with E-state index < -0.39 is 17.3 Å². The number of hydrogen-bond acceptors (Lipinski definition) is 3. The van der Waals surface area contributed by atoms with E-state index in [1.807, 2.05) is 0 Å². The molecule has 0 radical (unpaired) electrons. The van der Waals surface area contributed by atoms with Gasteiger partial charge in [0.2, 0.25) is 5.91 Å². The average Bonchev–Trinajstić information content (AvgIpc) is 2.26. The van der Waals surface area contributed by atoms with E-state index in [4.69, 9.17) is 28.9 Å². The van der Waals surface area contributed by atoms with Crippen molar-refractivity contribution in [2.24, 2.45) is 5.73 Å². The van der Waals surface area contributed by atoms with Crippen LogP contribution < -0.4 is 5.73 Å². The fraction of sp³-hybridized carbons (Fsp3) is 0.200. The Kier molecular flexibility index (Phi) is 4.15. The molecule has 86 valence electrons. The lowest BCUT2D eigenvalue weighted by Gasteiger charge is -2.10. The Morgan fingerprint density at radius 3 is 2.56 bits per heavy atom. The Morgan fingerprint density at radius 2 is 2.06 bits per heavy atom. The van der Waals surface area contributed by atoms with Crippen molar-refractivity contribution >= 4 is 35.1 Å². The van der Waals surface area contributed by atoms with Crippen molar-refractivity contribution in [3.63, 3.8) is 0 Å². The number of esters is 1. The molecule has 4 nitrogen and oxygen atoms in total. The SMILES string of the molecule is COC(=O)c1cc(Cl)ccc1C(Cl)C(N)=O. The normalized spacial score (nSPS) is 11.9. The summed E-state index contributed by atoms with van der Waals surface area (Å²) in [5.74, 6) is -1.36. The van der Waals surface area contributed by atoms with Crippen molar-refractivity contribution in [3.05, 3.63) is 34.3 Å². The highest BCUT2D eigenvalue weighted by Crippen LogP contribution is 2.26. The van der Waals surface area contributed by atoms with Crippen molar-refractivity contribution in [3.8, 4) is 0 Å². The number of halogens is 2. The van der Waals surface area contributed by atoms with Gasteiger partial charge in [0.25, 0.3) is 0 Å². The monoisotopic (exact) mass is 261 g/mol. The number of alkyl halides is 1. The number of hydrogen-bond donors (Lipinski definition) is 1. The topological polar surface area (TPSA) is 69.4 Å². The quantitative estimate of drug-likeness (QED) is 0.668. The van der Waals surface area contributed by atoms with Crippen molar-refractivity contribution in [2.75, 3.05) is 7.11 Å². The predicted octanol–water partition coefficient (Wildman–Crippen LogP) is 1.89. The Hall–Kier alpha value is -1.26. The second-order valence-electron chi connectivity index (χ2n) is 2.99. The Morgan fingerprint density at radius 1 is 1.44 bits per heavy atom. The Balaban J connectivity index is 3.27. The van der Waals surface area contributed by atoms with E-state index in [9.17, 15) is 9.59 Å². The second kappa shape index (κ2) is 5.18. The highest BCUT2D eigenvalue weighted by atomic mass is 35.5. The molecule has 1 aromatic carbocycles. The Labute approximate surface area is 102 Å². The first kappa shape index (κ1) is 12.8. The van der Waals surface area contributed by atoms with Gasteiger partial charge in [-0.2, -0.15) is 0 Å². The lowest BCUT2D eigenvalue weighted by atomic mass is 10.0. The summed E-state index contributed by atoms with van der Waals surface area (Å²) in [5, 5.41) is -0.746. The zero-order chi connectivity index (χ0) is 12.3. The summed E-state index contributed by atoms with van der Waals surface area (Å²) in [7, 11) is 1.22. The minimum Gasteiger partial charge on any atom is -0.465 e. The molecule has 0 spiro atoms. The molecule has 6 heteroatoms. The fourth-order valence-electron chi connectivity index (χ4n) is 1.19. The number of carbonyl (C=O) groups is 2. The smallest absolute Gasteiger partial charge is 0.338 e. The van der Waals surface area contributed by atoms with Crippen LogP contribution in [0.5, 0.6) is 0 Å². The average molecular weight is 262 g/mol. The third kappa shape index (κ3) is 2.65. The van der Waals surface area contributed by atoms with Crippen LogP contribution in [0.25, 0.3) is 0 Å². The largest absolute Gasteiger partial charge is 0.465 e. The molecule has 0 aliphatic rings. The van der Waals surface area contributed by atoms with Crippen molar-refractivity contribution in [1.29, 1.82) is 0 Å². The summed E-state index contributed by atoms with van der Waals surface area (Å²) in [5.41, 5.74) is 5.48. The van der Waals surface area contributed by atoms with Crippen LogP contribution in [0, 0.1) is 0 Å². The number of amides is 1. The number of methoxy groups -OCH3 is 1. The summed E-state index contributed by atoms with van der Waals surface area (Å²) in [6, 6.07) is 4.36. The molecule has 2 N–H and O–H groups in total. The van der Waals surface area contributed by atoms with Crippen LogP contribution >= 0.6 is 23.2 Å². The van der Waals surface area contributed by atoms with Crippen molar-refractivity contribution in [2.45, 2.75) is 5.38 Å². The highest BCUT2D eigenvalue weighted by Gasteiger charge is 2.22. The minimum absolute atomic E-state index is 0.133. The molecule has 0 bridgehead atoms. The minimum atomic E-state index is -1.09. The van der Waals surface area contributed by atoms with E-state index in [0.29, 0.717) is 5.02 Å². The molecular formula is C10H9Cl2NO3. The van der Waals surface area contributed by atoms with Crippen LogP contribution in [-0.4, -0.2) is 19.0 Å². The van der Waals surface area contributed by atoms with Crippen molar-refractivity contribution in [1.82, 2.24) is 0 Å². The van der Waals surface area contributed by atoms with Gasteiger partial charge in [0.05, 0.1) is 12.7 Å². The van der Waals surface area contributed by atoms with Crippen LogP contribution in [0.15, 0.2) is 18.2 Å². The van der Waals surface area contributed by atoms with Crippen molar-refractivity contribution < 1.29 is 14.3 Å². The third-order valence-corrected chi connectivity index (χ3v) is 2.63. The van der Waals surface area contributed by atoms with Gasteiger partial charge in [-0.25, -0.2) is 4.79 Å². The maximum atomic E-state index is 11.4. The highest BCUT2D eigenvalue weighted by molar-refractivity contribution is 6.32. The fourth-order valence-corrected chi connectivity index (χ4v) is 1.55. The first-order chi connectivity index (χ1) is 7.47. The van der Waals surface area contributed by atoms with E-state index in [-0.39, 0.29) is 11.1 Å². The van der Waals surface area contributed by atoms with Crippen LogP contribution in [0.1, 0.15) is 21.3 Å². The second-order valence-corrected chi connectivity index (χ2v) is 3.86. The lowest BCUT2D eigenvalue weighted by Crippen LogP contribution is -2.19. The number of rotatable bonds is 3. The summed E-state index contributed by atoms with van der Waals surface area (Å²) in [4.78, 5) is 22.4. The maximum absolute atomic E-state index is 11.4. The number of benzene rings is 1. The predicted molar refractivity (Wildman–Crippen MR) is 60.6 cm³/mol. The lowest BCUT2D eigenvalue weighted by molar-refractivity contribution is -0.117. The number of primary amides is 1. The molecule has 0 aromatic heterocycles.